The van der Waals surface area contributed by atoms with Crippen LogP contribution < -0.4 is 5.32 Å². The molecule has 0 spiro atoms. The fourth-order valence-corrected chi connectivity index (χ4v) is 1.85. The lowest BCUT2D eigenvalue weighted by atomic mass is 10.1. The molecule has 0 aromatic carbocycles. The Balaban J connectivity index is 2.35. The van der Waals surface area contributed by atoms with Gasteiger partial charge in [-0.3, -0.25) is 4.79 Å². The van der Waals surface area contributed by atoms with Crippen molar-refractivity contribution >= 4 is 21.8 Å². The van der Waals surface area contributed by atoms with Crippen LogP contribution in [0.5, 0.6) is 0 Å². The molecule has 2 atom stereocenters. The van der Waals surface area contributed by atoms with Crippen molar-refractivity contribution in [3.8, 4) is 0 Å². The van der Waals surface area contributed by atoms with Crippen LogP contribution in [0.15, 0.2) is 0 Å². The molecule has 1 rings (SSSR count). The molecule has 0 aliphatic heterocycles. The summed E-state index contributed by atoms with van der Waals surface area (Å²) in [5, 5.41) is 12.2. The Hall–Kier alpha value is -0.0900. The van der Waals surface area contributed by atoms with Crippen LogP contribution in [0.25, 0.3) is 0 Å². The van der Waals surface area contributed by atoms with Crippen molar-refractivity contribution in [3.63, 3.8) is 0 Å². The fraction of sp³-hybridized carbons (Fsp3) is 0.875. The van der Waals surface area contributed by atoms with Gasteiger partial charge in [0.05, 0.1) is 5.33 Å². The van der Waals surface area contributed by atoms with E-state index in [1.165, 1.54) is 0 Å². The molecule has 0 aromatic rings. The van der Waals surface area contributed by atoms with Gasteiger partial charge in [0.25, 0.3) is 0 Å². The van der Waals surface area contributed by atoms with Crippen LogP contribution in [0, 0.1) is 5.92 Å². The zero-order valence-electron chi connectivity index (χ0n) is 6.92. The van der Waals surface area contributed by atoms with E-state index in [-0.39, 0.29) is 24.5 Å². The molecule has 4 heteroatoms. The van der Waals surface area contributed by atoms with Gasteiger partial charge in [0.2, 0.25) is 5.91 Å². The summed E-state index contributed by atoms with van der Waals surface area (Å²) in [4.78, 5) is 11.0. The Morgan fingerprint density at radius 2 is 2.33 bits per heavy atom. The minimum atomic E-state index is 0.0142. The average molecular weight is 236 g/mol. The topological polar surface area (TPSA) is 49.3 Å². The third kappa shape index (κ3) is 2.45. The van der Waals surface area contributed by atoms with E-state index in [1.54, 1.807) is 0 Å². The molecule has 1 aliphatic carbocycles. The number of carbonyl (C=O) groups excluding carboxylic acids is 1. The van der Waals surface area contributed by atoms with Gasteiger partial charge in [-0.15, -0.1) is 0 Å². The van der Waals surface area contributed by atoms with Gasteiger partial charge in [-0.05, 0) is 12.8 Å². The molecule has 0 aromatic heterocycles. The molecular weight excluding hydrogens is 222 g/mol. The van der Waals surface area contributed by atoms with Crippen LogP contribution in [0.4, 0.5) is 0 Å². The van der Waals surface area contributed by atoms with E-state index in [2.05, 4.69) is 21.2 Å². The van der Waals surface area contributed by atoms with Crippen molar-refractivity contribution < 1.29 is 9.90 Å². The van der Waals surface area contributed by atoms with Crippen LogP contribution >= 0.6 is 15.9 Å². The fourth-order valence-electron chi connectivity index (χ4n) is 1.69. The summed E-state index contributed by atoms with van der Waals surface area (Å²) in [5.41, 5.74) is 0. The summed E-state index contributed by atoms with van der Waals surface area (Å²) in [7, 11) is 0. The van der Waals surface area contributed by atoms with Crippen molar-refractivity contribution in [1.82, 2.24) is 5.32 Å². The van der Waals surface area contributed by atoms with Gasteiger partial charge in [0.15, 0.2) is 0 Å². The molecule has 3 nitrogen and oxygen atoms in total. The van der Waals surface area contributed by atoms with Gasteiger partial charge in [-0.25, -0.2) is 0 Å². The number of amides is 1. The van der Waals surface area contributed by atoms with Crippen molar-refractivity contribution in [2.75, 3.05) is 11.9 Å². The Morgan fingerprint density at radius 3 is 2.92 bits per heavy atom. The zero-order valence-corrected chi connectivity index (χ0v) is 8.51. The molecule has 0 heterocycles. The monoisotopic (exact) mass is 235 g/mol. The van der Waals surface area contributed by atoms with Crippen molar-refractivity contribution in [1.29, 1.82) is 0 Å². The zero-order chi connectivity index (χ0) is 8.97. The molecule has 1 fully saturated rings. The molecule has 0 unspecified atom stereocenters. The predicted molar refractivity (Wildman–Crippen MR) is 50.2 cm³/mol. The highest BCUT2D eigenvalue weighted by Gasteiger charge is 2.27. The maximum absolute atomic E-state index is 11.0. The van der Waals surface area contributed by atoms with E-state index in [9.17, 15) is 4.79 Å². The van der Waals surface area contributed by atoms with Crippen molar-refractivity contribution in [2.45, 2.75) is 25.3 Å². The van der Waals surface area contributed by atoms with Gasteiger partial charge >= 0.3 is 0 Å². The van der Waals surface area contributed by atoms with Gasteiger partial charge in [-0.2, -0.15) is 0 Å². The Bertz CT molecular complexity index is 163. The van der Waals surface area contributed by atoms with Gasteiger partial charge in [0, 0.05) is 18.6 Å². The normalized spacial score (nSPS) is 28.8. The largest absolute Gasteiger partial charge is 0.396 e. The second-order valence-electron chi connectivity index (χ2n) is 3.18. The highest BCUT2D eigenvalue weighted by molar-refractivity contribution is 9.09. The van der Waals surface area contributed by atoms with E-state index in [1.807, 2.05) is 0 Å². The Labute approximate surface area is 80.7 Å². The van der Waals surface area contributed by atoms with Gasteiger partial charge in [0.1, 0.15) is 0 Å². The summed E-state index contributed by atoms with van der Waals surface area (Å²) in [6.45, 7) is 0.188. The first-order chi connectivity index (χ1) is 5.77. The molecule has 1 saturated carbocycles. The maximum Gasteiger partial charge on any atom is 0.230 e. The van der Waals surface area contributed by atoms with Gasteiger partial charge < -0.3 is 10.4 Å². The third-order valence-corrected chi connectivity index (χ3v) is 2.87. The summed E-state index contributed by atoms with van der Waals surface area (Å²) in [6, 6.07) is 0.194. The SMILES string of the molecule is O=C(CBr)N[C@H]1CCC[C@H]1CO. The summed E-state index contributed by atoms with van der Waals surface area (Å²) in [5.74, 6) is 0.286. The lowest BCUT2D eigenvalue weighted by Crippen LogP contribution is -2.39. The first-order valence-corrected chi connectivity index (χ1v) is 5.36. The Kier molecular flexibility index (Phi) is 4.01. The van der Waals surface area contributed by atoms with Crippen LogP contribution in [-0.4, -0.2) is 29.0 Å². The molecule has 0 radical (unpaired) electrons. The van der Waals surface area contributed by atoms with Crippen molar-refractivity contribution in [2.24, 2.45) is 5.92 Å². The van der Waals surface area contributed by atoms with E-state index in [4.69, 9.17) is 5.11 Å². The number of hydrogen-bond donors (Lipinski definition) is 2. The van der Waals surface area contributed by atoms with Gasteiger partial charge in [-0.1, -0.05) is 22.4 Å². The molecule has 1 aliphatic rings. The minimum absolute atomic E-state index is 0.0142. The molecular formula is C8H14BrNO2. The molecule has 12 heavy (non-hydrogen) atoms. The van der Waals surface area contributed by atoms with Crippen LogP contribution in [-0.2, 0) is 4.79 Å². The highest BCUT2D eigenvalue weighted by Crippen LogP contribution is 2.24. The molecule has 1 amide bonds. The average Bonchev–Trinajstić information content (AvgIpc) is 2.51. The molecule has 0 saturated heterocycles. The first kappa shape index (κ1) is 9.99. The summed E-state index contributed by atoms with van der Waals surface area (Å²) >= 11 is 3.09. The van der Waals surface area contributed by atoms with E-state index < -0.39 is 0 Å². The summed E-state index contributed by atoms with van der Waals surface area (Å²) < 4.78 is 0. The molecule has 70 valence electrons. The van der Waals surface area contributed by atoms with E-state index >= 15 is 0 Å². The maximum atomic E-state index is 11.0. The smallest absolute Gasteiger partial charge is 0.230 e. The summed E-state index contributed by atoms with van der Waals surface area (Å²) in [6.07, 6.45) is 3.14. The third-order valence-electron chi connectivity index (χ3n) is 2.36. The lowest BCUT2D eigenvalue weighted by Gasteiger charge is -2.18. The van der Waals surface area contributed by atoms with E-state index in [0.29, 0.717) is 5.33 Å². The number of nitrogens with one attached hydrogen (secondary N) is 1. The van der Waals surface area contributed by atoms with Crippen LogP contribution in [0.1, 0.15) is 19.3 Å². The van der Waals surface area contributed by atoms with Crippen LogP contribution in [0.3, 0.4) is 0 Å². The van der Waals surface area contributed by atoms with Crippen molar-refractivity contribution in [3.05, 3.63) is 0 Å². The first-order valence-electron chi connectivity index (χ1n) is 4.24. The van der Waals surface area contributed by atoms with E-state index in [0.717, 1.165) is 19.3 Å². The molecule has 0 bridgehead atoms. The number of alkyl halides is 1. The predicted octanol–water partition coefficient (Wildman–Crippen LogP) is 0.658. The quantitative estimate of drug-likeness (QED) is 0.707. The Morgan fingerprint density at radius 1 is 1.58 bits per heavy atom. The van der Waals surface area contributed by atoms with Crippen LogP contribution in [0.2, 0.25) is 0 Å². The second-order valence-corrected chi connectivity index (χ2v) is 3.74. The standard InChI is InChI=1S/C8H14BrNO2/c9-4-8(12)10-7-3-1-2-6(7)5-11/h6-7,11H,1-5H2,(H,10,12)/t6-,7-/m0/s1. The number of aliphatic hydroxyl groups excluding tert-OH is 1. The number of halogens is 1. The number of aliphatic hydroxyl groups is 1. The second kappa shape index (κ2) is 4.82. The number of hydrogen-bond acceptors (Lipinski definition) is 2. The number of rotatable bonds is 3. The number of carbonyl (C=O) groups is 1. The lowest BCUT2D eigenvalue weighted by molar-refractivity contribution is -0.119. The molecule has 2 N–H and O–H groups in total. The minimum Gasteiger partial charge on any atom is -0.396 e. The highest BCUT2D eigenvalue weighted by atomic mass is 79.9.